The number of hydrogen-bond acceptors (Lipinski definition) is 4. The minimum atomic E-state index is -0.842. The Labute approximate surface area is 153 Å². The number of nitrogens with zero attached hydrogens (tertiary/aromatic N) is 2. The third kappa shape index (κ3) is 3.52. The van der Waals surface area contributed by atoms with Gasteiger partial charge in [0.05, 0.1) is 5.92 Å². The van der Waals surface area contributed by atoms with Crippen LogP contribution in [0.2, 0.25) is 0 Å². The van der Waals surface area contributed by atoms with Crippen LogP contribution in [-0.4, -0.2) is 48.0 Å². The second-order valence-electron chi connectivity index (χ2n) is 7.07. The number of urea groups is 1. The lowest BCUT2D eigenvalue weighted by Gasteiger charge is -2.31. The standard InChI is InChI=1S/C19H25N3O4/c1-12-11-15-5-3-4-6-16(15)22(12)17(23)13(2)26-18(24)14-7-9-21(10-8-14)19(20)25/h3-6,12-14H,7-11H2,1-2H3,(H2,20,25). The number of rotatable bonds is 3. The molecule has 3 rings (SSSR count). The van der Waals surface area contributed by atoms with E-state index in [1.54, 1.807) is 11.8 Å². The fourth-order valence-electron chi connectivity index (χ4n) is 3.75. The van der Waals surface area contributed by atoms with Gasteiger partial charge in [-0.1, -0.05) is 18.2 Å². The molecule has 1 aromatic carbocycles. The van der Waals surface area contributed by atoms with E-state index in [1.165, 1.54) is 4.90 Å². The van der Waals surface area contributed by atoms with Gasteiger partial charge in [0, 0.05) is 24.8 Å². The van der Waals surface area contributed by atoms with E-state index < -0.39 is 12.1 Å². The van der Waals surface area contributed by atoms with Crippen LogP contribution >= 0.6 is 0 Å². The second-order valence-corrected chi connectivity index (χ2v) is 7.07. The van der Waals surface area contributed by atoms with Gasteiger partial charge in [-0.25, -0.2) is 4.79 Å². The number of nitrogens with two attached hydrogens (primary N) is 1. The van der Waals surface area contributed by atoms with Crippen molar-refractivity contribution in [2.75, 3.05) is 18.0 Å². The zero-order valence-electron chi connectivity index (χ0n) is 15.2. The first-order chi connectivity index (χ1) is 12.4. The summed E-state index contributed by atoms with van der Waals surface area (Å²) in [5, 5.41) is 0. The van der Waals surface area contributed by atoms with Crippen LogP contribution < -0.4 is 10.6 Å². The molecule has 3 amide bonds. The molecular formula is C19H25N3O4. The molecule has 0 bridgehead atoms. The smallest absolute Gasteiger partial charge is 0.314 e. The molecule has 140 valence electrons. The number of anilines is 1. The average Bonchev–Trinajstić information content (AvgIpc) is 2.96. The number of primary amides is 1. The third-order valence-electron chi connectivity index (χ3n) is 5.23. The number of fused-ring (bicyclic) bond motifs is 1. The van der Waals surface area contributed by atoms with Crippen LogP contribution in [0.1, 0.15) is 32.3 Å². The number of amides is 3. The summed E-state index contributed by atoms with van der Waals surface area (Å²) < 4.78 is 5.46. The number of esters is 1. The minimum Gasteiger partial charge on any atom is -0.452 e. The summed E-state index contributed by atoms with van der Waals surface area (Å²) in [6, 6.07) is 7.37. The highest BCUT2D eigenvalue weighted by atomic mass is 16.5. The van der Waals surface area contributed by atoms with Crippen molar-refractivity contribution in [3.05, 3.63) is 29.8 Å². The summed E-state index contributed by atoms with van der Waals surface area (Å²) in [6.45, 7) is 4.49. The molecule has 1 fully saturated rings. The summed E-state index contributed by atoms with van der Waals surface area (Å²) in [4.78, 5) is 39.7. The van der Waals surface area contributed by atoms with Gasteiger partial charge >= 0.3 is 12.0 Å². The van der Waals surface area contributed by atoms with Gasteiger partial charge in [-0.2, -0.15) is 0 Å². The van der Waals surface area contributed by atoms with Gasteiger partial charge in [-0.15, -0.1) is 0 Å². The van der Waals surface area contributed by atoms with Gasteiger partial charge in [0.25, 0.3) is 5.91 Å². The van der Waals surface area contributed by atoms with E-state index in [0.717, 1.165) is 17.7 Å². The number of likely N-dealkylation sites (tertiary alicyclic amines) is 1. The van der Waals surface area contributed by atoms with Crippen LogP contribution in [0.15, 0.2) is 24.3 Å². The summed E-state index contributed by atoms with van der Waals surface area (Å²) in [6.07, 6.45) is 0.969. The quantitative estimate of drug-likeness (QED) is 0.831. The van der Waals surface area contributed by atoms with Gasteiger partial charge < -0.3 is 20.3 Å². The molecule has 0 spiro atoms. The fourth-order valence-corrected chi connectivity index (χ4v) is 3.75. The van der Waals surface area contributed by atoms with Gasteiger partial charge in [-0.05, 0) is 44.7 Å². The molecule has 2 N–H and O–H groups in total. The summed E-state index contributed by atoms with van der Waals surface area (Å²) >= 11 is 0. The molecule has 2 unspecified atom stereocenters. The number of ether oxygens (including phenoxy) is 1. The first-order valence-electron chi connectivity index (χ1n) is 9.04. The maximum Gasteiger partial charge on any atom is 0.314 e. The molecule has 2 heterocycles. The Morgan fingerprint density at radius 2 is 1.85 bits per heavy atom. The highest BCUT2D eigenvalue weighted by Gasteiger charge is 2.36. The first-order valence-corrected chi connectivity index (χ1v) is 9.04. The zero-order chi connectivity index (χ0) is 18.8. The average molecular weight is 359 g/mol. The molecule has 26 heavy (non-hydrogen) atoms. The SMILES string of the molecule is CC(OC(=O)C1CCN(C(N)=O)CC1)C(=O)N1c2ccccc2CC1C. The highest BCUT2D eigenvalue weighted by molar-refractivity contribution is 5.99. The van der Waals surface area contributed by atoms with E-state index in [1.807, 2.05) is 31.2 Å². The van der Waals surface area contributed by atoms with E-state index >= 15 is 0 Å². The van der Waals surface area contributed by atoms with Gasteiger partial charge in [-0.3, -0.25) is 9.59 Å². The molecule has 2 aliphatic rings. The second kappa shape index (κ2) is 7.35. The number of carbonyl (C=O) groups excluding carboxylic acids is 3. The predicted octanol–water partition coefficient (Wildman–Crippen LogP) is 1.69. The van der Waals surface area contributed by atoms with E-state index in [4.69, 9.17) is 10.5 Å². The molecule has 0 radical (unpaired) electrons. The van der Waals surface area contributed by atoms with Crippen LogP contribution in [-0.2, 0) is 20.7 Å². The van der Waals surface area contributed by atoms with Crippen molar-refractivity contribution < 1.29 is 19.1 Å². The van der Waals surface area contributed by atoms with Crippen LogP contribution in [0.3, 0.4) is 0 Å². The van der Waals surface area contributed by atoms with Crippen LogP contribution in [0.5, 0.6) is 0 Å². The Balaban J connectivity index is 1.60. The Hall–Kier alpha value is -2.57. The topological polar surface area (TPSA) is 92.9 Å². The Morgan fingerprint density at radius 1 is 1.19 bits per heavy atom. The lowest BCUT2D eigenvalue weighted by Crippen LogP contribution is -2.46. The van der Waals surface area contributed by atoms with Crippen molar-refractivity contribution in [3.8, 4) is 0 Å². The lowest BCUT2D eigenvalue weighted by atomic mass is 9.97. The zero-order valence-corrected chi connectivity index (χ0v) is 15.2. The fraction of sp³-hybridized carbons (Fsp3) is 0.526. The van der Waals surface area contributed by atoms with Crippen molar-refractivity contribution in [1.29, 1.82) is 0 Å². The Bertz CT molecular complexity index is 712. The van der Waals surface area contributed by atoms with E-state index in [2.05, 4.69) is 0 Å². The predicted molar refractivity (Wildman–Crippen MR) is 96.5 cm³/mol. The maximum atomic E-state index is 12.9. The largest absolute Gasteiger partial charge is 0.452 e. The number of hydrogen-bond donors (Lipinski definition) is 1. The van der Waals surface area contributed by atoms with E-state index in [-0.39, 0.29) is 23.8 Å². The van der Waals surface area contributed by atoms with E-state index in [9.17, 15) is 14.4 Å². The van der Waals surface area contributed by atoms with Crippen molar-refractivity contribution in [1.82, 2.24) is 4.90 Å². The molecule has 2 atom stereocenters. The molecular weight excluding hydrogens is 334 g/mol. The normalized spacial score (nSPS) is 21.2. The number of piperidine rings is 1. The molecule has 1 saturated heterocycles. The van der Waals surface area contributed by atoms with E-state index in [0.29, 0.717) is 25.9 Å². The molecule has 2 aliphatic heterocycles. The maximum absolute atomic E-state index is 12.9. The lowest BCUT2D eigenvalue weighted by molar-refractivity contribution is -0.159. The van der Waals surface area contributed by atoms with Crippen molar-refractivity contribution in [2.45, 2.75) is 45.3 Å². The summed E-state index contributed by atoms with van der Waals surface area (Å²) in [5.74, 6) is -0.885. The Morgan fingerprint density at radius 3 is 2.50 bits per heavy atom. The van der Waals surface area contributed by atoms with Crippen LogP contribution in [0.25, 0.3) is 0 Å². The minimum absolute atomic E-state index is 0.0415. The third-order valence-corrected chi connectivity index (χ3v) is 5.23. The van der Waals surface area contributed by atoms with Crippen molar-refractivity contribution >= 4 is 23.6 Å². The first kappa shape index (κ1) is 18.2. The summed E-state index contributed by atoms with van der Waals surface area (Å²) in [5.41, 5.74) is 7.27. The number of para-hydroxylation sites is 1. The highest BCUT2D eigenvalue weighted by Crippen LogP contribution is 2.32. The molecule has 0 aliphatic carbocycles. The molecule has 0 aromatic heterocycles. The van der Waals surface area contributed by atoms with Crippen molar-refractivity contribution in [3.63, 3.8) is 0 Å². The number of carbonyl (C=O) groups is 3. The summed E-state index contributed by atoms with van der Waals surface area (Å²) in [7, 11) is 0. The van der Waals surface area contributed by atoms with Crippen molar-refractivity contribution in [2.24, 2.45) is 11.7 Å². The molecule has 1 aromatic rings. The van der Waals surface area contributed by atoms with Gasteiger partial charge in [0.2, 0.25) is 0 Å². The number of benzene rings is 1. The van der Waals surface area contributed by atoms with Gasteiger partial charge in [0.1, 0.15) is 0 Å². The van der Waals surface area contributed by atoms with Crippen LogP contribution in [0, 0.1) is 5.92 Å². The molecule has 0 saturated carbocycles. The molecule has 7 heteroatoms. The monoisotopic (exact) mass is 359 g/mol. The van der Waals surface area contributed by atoms with Crippen LogP contribution in [0.4, 0.5) is 10.5 Å². The molecule has 7 nitrogen and oxygen atoms in total. The Kier molecular flexibility index (Phi) is 5.15. The van der Waals surface area contributed by atoms with Gasteiger partial charge in [0.15, 0.2) is 6.10 Å².